The zero-order chi connectivity index (χ0) is 14.5. The van der Waals surface area contributed by atoms with Gasteiger partial charge in [-0.15, -0.1) is 5.10 Å². The highest BCUT2D eigenvalue weighted by atomic mass is 16.5. The van der Waals surface area contributed by atoms with Crippen molar-refractivity contribution >= 4 is 11.6 Å². The number of carbonyl (C=O) groups is 1. The Bertz CT molecular complexity index is 592. The molecule has 0 aliphatic carbocycles. The molecule has 0 atom stereocenters. The van der Waals surface area contributed by atoms with Crippen molar-refractivity contribution in [2.24, 2.45) is 5.92 Å². The SMILES string of the molecule is CCOc1ccc2nc(C(=O)NCCC(C)C)cn2n1. The summed E-state index contributed by atoms with van der Waals surface area (Å²) in [5, 5.41) is 7.09. The van der Waals surface area contributed by atoms with Crippen molar-refractivity contribution in [1.82, 2.24) is 19.9 Å². The fourth-order valence-electron chi connectivity index (χ4n) is 1.76. The van der Waals surface area contributed by atoms with Gasteiger partial charge in [0.15, 0.2) is 5.65 Å². The van der Waals surface area contributed by atoms with Crippen LogP contribution in [-0.4, -0.2) is 33.7 Å². The molecule has 6 nitrogen and oxygen atoms in total. The Balaban J connectivity index is 2.08. The lowest BCUT2D eigenvalue weighted by atomic mass is 10.1. The van der Waals surface area contributed by atoms with E-state index in [2.05, 4.69) is 29.2 Å². The predicted molar refractivity (Wildman–Crippen MR) is 75.9 cm³/mol. The van der Waals surface area contributed by atoms with E-state index in [1.807, 2.05) is 6.92 Å². The average molecular weight is 276 g/mol. The third-order valence-corrected chi connectivity index (χ3v) is 2.83. The van der Waals surface area contributed by atoms with Gasteiger partial charge in [-0.25, -0.2) is 9.50 Å². The first kappa shape index (κ1) is 14.3. The third-order valence-electron chi connectivity index (χ3n) is 2.83. The predicted octanol–water partition coefficient (Wildman–Crippen LogP) is 1.90. The Kier molecular flexibility index (Phi) is 4.55. The number of hydrogen-bond donors (Lipinski definition) is 1. The molecule has 2 aromatic rings. The Morgan fingerprint density at radius 2 is 2.25 bits per heavy atom. The second kappa shape index (κ2) is 6.36. The topological polar surface area (TPSA) is 68.5 Å². The molecule has 0 saturated carbocycles. The zero-order valence-corrected chi connectivity index (χ0v) is 12.1. The van der Waals surface area contributed by atoms with Gasteiger partial charge >= 0.3 is 0 Å². The van der Waals surface area contributed by atoms with Crippen LogP contribution in [0.1, 0.15) is 37.7 Å². The standard InChI is InChI=1S/C14H20N4O2/c1-4-20-13-6-5-12-16-11(9-18(12)17-13)14(19)15-8-7-10(2)3/h5-6,9-10H,4,7-8H2,1-3H3,(H,15,19). The molecule has 0 aromatic carbocycles. The number of nitrogens with zero attached hydrogens (tertiary/aromatic N) is 3. The first-order chi connectivity index (χ1) is 9.60. The van der Waals surface area contributed by atoms with E-state index in [1.165, 1.54) is 0 Å². The molecule has 20 heavy (non-hydrogen) atoms. The molecule has 0 radical (unpaired) electrons. The highest BCUT2D eigenvalue weighted by Crippen LogP contribution is 2.10. The number of aromatic nitrogens is 3. The number of rotatable bonds is 6. The lowest BCUT2D eigenvalue weighted by molar-refractivity contribution is 0.0947. The van der Waals surface area contributed by atoms with Gasteiger partial charge < -0.3 is 10.1 Å². The molecule has 0 unspecified atom stereocenters. The lowest BCUT2D eigenvalue weighted by Gasteiger charge is -2.04. The van der Waals surface area contributed by atoms with Crippen LogP contribution in [0, 0.1) is 5.92 Å². The minimum atomic E-state index is -0.172. The summed E-state index contributed by atoms with van der Waals surface area (Å²) in [6.45, 7) is 7.34. The lowest BCUT2D eigenvalue weighted by Crippen LogP contribution is -2.25. The quantitative estimate of drug-likeness (QED) is 0.875. The maximum absolute atomic E-state index is 12.0. The van der Waals surface area contributed by atoms with Crippen LogP contribution in [0.25, 0.3) is 5.65 Å². The summed E-state index contributed by atoms with van der Waals surface area (Å²) in [7, 11) is 0. The van der Waals surface area contributed by atoms with Crippen molar-refractivity contribution in [3.8, 4) is 5.88 Å². The Morgan fingerprint density at radius 3 is 2.95 bits per heavy atom. The first-order valence-electron chi connectivity index (χ1n) is 6.87. The van der Waals surface area contributed by atoms with Crippen LogP contribution in [0.15, 0.2) is 18.3 Å². The van der Waals surface area contributed by atoms with Gasteiger partial charge in [0.05, 0.1) is 12.8 Å². The molecule has 6 heteroatoms. The molecule has 0 spiro atoms. The zero-order valence-electron chi connectivity index (χ0n) is 12.1. The van der Waals surface area contributed by atoms with E-state index in [4.69, 9.17) is 4.74 Å². The van der Waals surface area contributed by atoms with Gasteiger partial charge in [-0.1, -0.05) is 13.8 Å². The summed E-state index contributed by atoms with van der Waals surface area (Å²) in [4.78, 5) is 16.2. The molecule has 0 bridgehead atoms. The summed E-state index contributed by atoms with van der Waals surface area (Å²) in [5.41, 5.74) is 0.998. The molecule has 0 saturated heterocycles. The number of hydrogen-bond acceptors (Lipinski definition) is 4. The maximum Gasteiger partial charge on any atom is 0.271 e. The van der Waals surface area contributed by atoms with Gasteiger partial charge in [-0.3, -0.25) is 4.79 Å². The van der Waals surface area contributed by atoms with Crippen LogP contribution >= 0.6 is 0 Å². The number of ether oxygens (including phenoxy) is 1. The van der Waals surface area contributed by atoms with Gasteiger partial charge in [-0.05, 0) is 25.3 Å². The minimum Gasteiger partial charge on any atom is -0.477 e. The molecule has 108 valence electrons. The summed E-state index contributed by atoms with van der Waals surface area (Å²) in [5.74, 6) is 0.907. The molecule has 0 aliphatic rings. The fraction of sp³-hybridized carbons (Fsp3) is 0.500. The van der Waals surface area contributed by atoms with Crippen LogP contribution < -0.4 is 10.1 Å². The number of fused-ring (bicyclic) bond motifs is 1. The van der Waals surface area contributed by atoms with Gasteiger partial charge in [0.25, 0.3) is 5.91 Å². The average Bonchev–Trinajstić information content (AvgIpc) is 2.81. The number of carbonyl (C=O) groups excluding carboxylic acids is 1. The molecule has 0 aliphatic heterocycles. The Morgan fingerprint density at radius 1 is 1.45 bits per heavy atom. The van der Waals surface area contributed by atoms with Crippen molar-refractivity contribution in [2.75, 3.05) is 13.2 Å². The molecule has 1 amide bonds. The van der Waals surface area contributed by atoms with Gasteiger partial charge in [-0.2, -0.15) is 0 Å². The van der Waals surface area contributed by atoms with Crippen LogP contribution in [0.5, 0.6) is 5.88 Å². The van der Waals surface area contributed by atoms with E-state index in [0.717, 1.165) is 6.42 Å². The smallest absolute Gasteiger partial charge is 0.271 e. The molecule has 0 fully saturated rings. The van der Waals surface area contributed by atoms with Crippen LogP contribution in [0.3, 0.4) is 0 Å². The molecule has 2 aromatic heterocycles. The van der Waals surface area contributed by atoms with Crippen molar-refractivity contribution in [2.45, 2.75) is 27.2 Å². The fourth-order valence-corrected chi connectivity index (χ4v) is 1.76. The van der Waals surface area contributed by atoms with Crippen LogP contribution in [-0.2, 0) is 0 Å². The Hall–Kier alpha value is -2.11. The summed E-state index contributed by atoms with van der Waals surface area (Å²) < 4.78 is 6.87. The van der Waals surface area contributed by atoms with E-state index in [9.17, 15) is 4.79 Å². The Labute approximate surface area is 118 Å². The van der Waals surface area contributed by atoms with Crippen LogP contribution in [0.4, 0.5) is 0 Å². The van der Waals surface area contributed by atoms with Gasteiger partial charge in [0, 0.05) is 12.6 Å². The molecule has 1 N–H and O–H groups in total. The van der Waals surface area contributed by atoms with E-state index in [0.29, 0.717) is 36.3 Å². The van der Waals surface area contributed by atoms with E-state index >= 15 is 0 Å². The third kappa shape index (κ3) is 3.46. The number of amides is 1. The molecule has 2 heterocycles. The maximum atomic E-state index is 12.0. The second-order valence-corrected chi connectivity index (χ2v) is 4.97. The van der Waals surface area contributed by atoms with E-state index in [-0.39, 0.29) is 5.91 Å². The van der Waals surface area contributed by atoms with Gasteiger partial charge in [0.2, 0.25) is 5.88 Å². The number of nitrogens with one attached hydrogen (secondary N) is 1. The summed E-state index contributed by atoms with van der Waals surface area (Å²) >= 11 is 0. The van der Waals surface area contributed by atoms with E-state index < -0.39 is 0 Å². The second-order valence-electron chi connectivity index (χ2n) is 4.97. The monoisotopic (exact) mass is 276 g/mol. The van der Waals surface area contributed by atoms with Crippen LogP contribution in [0.2, 0.25) is 0 Å². The molecular formula is C14H20N4O2. The van der Waals surface area contributed by atoms with Gasteiger partial charge in [0.1, 0.15) is 5.69 Å². The highest BCUT2D eigenvalue weighted by molar-refractivity contribution is 5.92. The highest BCUT2D eigenvalue weighted by Gasteiger charge is 2.11. The van der Waals surface area contributed by atoms with Crippen molar-refractivity contribution < 1.29 is 9.53 Å². The van der Waals surface area contributed by atoms with Crippen molar-refractivity contribution in [3.05, 3.63) is 24.0 Å². The first-order valence-corrected chi connectivity index (χ1v) is 6.87. The molecule has 2 rings (SSSR count). The van der Waals surface area contributed by atoms with Crippen molar-refractivity contribution in [1.29, 1.82) is 0 Å². The largest absolute Gasteiger partial charge is 0.477 e. The van der Waals surface area contributed by atoms with Crippen molar-refractivity contribution in [3.63, 3.8) is 0 Å². The number of imidazole rings is 1. The summed E-state index contributed by atoms with van der Waals surface area (Å²) in [6, 6.07) is 3.52. The minimum absolute atomic E-state index is 0.172. The van der Waals surface area contributed by atoms with E-state index in [1.54, 1.807) is 22.8 Å². The molecular weight excluding hydrogens is 256 g/mol. The normalized spacial score (nSPS) is 11.0. The summed E-state index contributed by atoms with van der Waals surface area (Å²) in [6.07, 6.45) is 2.56.